The number of thiazole rings is 1. The summed E-state index contributed by atoms with van der Waals surface area (Å²) in [6.45, 7) is 7.59. The molecular weight excluding hydrogens is 324 g/mol. The molecule has 5 nitrogen and oxygen atoms in total. The summed E-state index contributed by atoms with van der Waals surface area (Å²) in [6.07, 6.45) is 0. The first-order valence-electron chi connectivity index (χ1n) is 7.67. The number of hydrogen-bond acceptors (Lipinski definition) is 4. The largest absolute Gasteiger partial charge is 0.481 e. The van der Waals surface area contributed by atoms with Gasteiger partial charge >= 0.3 is 5.97 Å². The van der Waals surface area contributed by atoms with E-state index in [0.29, 0.717) is 10.4 Å². The van der Waals surface area contributed by atoms with E-state index in [1.807, 2.05) is 26.8 Å². The molecule has 0 aliphatic carbocycles. The Morgan fingerprint density at radius 3 is 2.33 bits per heavy atom. The predicted molar refractivity (Wildman–Crippen MR) is 94.6 cm³/mol. The van der Waals surface area contributed by atoms with E-state index in [1.54, 1.807) is 36.7 Å². The molecule has 1 aromatic carbocycles. The highest BCUT2D eigenvalue weighted by Gasteiger charge is 2.36. The van der Waals surface area contributed by atoms with Crippen LogP contribution in [0.4, 0.5) is 0 Å². The maximum absolute atomic E-state index is 12.5. The zero-order valence-corrected chi connectivity index (χ0v) is 15.1. The van der Waals surface area contributed by atoms with E-state index in [-0.39, 0.29) is 17.9 Å². The normalized spacial score (nSPS) is 14.0. The second-order valence-corrected chi connectivity index (χ2v) is 7.82. The molecular formula is C18H22N2O3S. The zero-order chi connectivity index (χ0) is 18.0. The average Bonchev–Trinajstić information content (AvgIpc) is 3.03. The van der Waals surface area contributed by atoms with Crippen molar-refractivity contribution in [1.82, 2.24) is 10.3 Å². The van der Waals surface area contributed by atoms with E-state index < -0.39 is 11.4 Å². The maximum Gasteiger partial charge on any atom is 0.315 e. The lowest BCUT2D eigenvalue weighted by atomic mass is 9.82. The third-order valence-corrected chi connectivity index (χ3v) is 4.79. The summed E-state index contributed by atoms with van der Waals surface area (Å²) in [5.74, 6) is -1.26. The molecule has 0 spiro atoms. The zero-order valence-electron chi connectivity index (χ0n) is 14.3. The van der Waals surface area contributed by atoms with Crippen molar-refractivity contribution in [3.8, 4) is 0 Å². The number of carboxylic acid groups (broad SMARTS) is 1. The van der Waals surface area contributed by atoms with Gasteiger partial charge in [0.05, 0.1) is 11.2 Å². The Balaban J connectivity index is 2.21. The van der Waals surface area contributed by atoms with Crippen molar-refractivity contribution in [3.63, 3.8) is 0 Å². The molecule has 1 amide bonds. The molecule has 24 heavy (non-hydrogen) atoms. The van der Waals surface area contributed by atoms with Crippen LogP contribution >= 0.6 is 11.3 Å². The van der Waals surface area contributed by atoms with Crippen molar-refractivity contribution >= 4 is 23.2 Å². The van der Waals surface area contributed by atoms with Gasteiger partial charge in [-0.2, -0.15) is 0 Å². The summed E-state index contributed by atoms with van der Waals surface area (Å²) in [7, 11) is 0. The quantitative estimate of drug-likeness (QED) is 0.871. The third kappa shape index (κ3) is 3.64. The van der Waals surface area contributed by atoms with Gasteiger partial charge in [-0.1, -0.05) is 51.1 Å². The fraction of sp³-hybridized carbons (Fsp3) is 0.389. The minimum atomic E-state index is -1.19. The second kappa shape index (κ2) is 6.73. The molecule has 2 rings (SSSR count). The number of amides is 1. The molecule has 6 heteroatoms. The Kier molecular flexibility index (Phi) is 5.08. The van der Waals surface area contributed by atoms with Crippen LogP contribution in [0.5, 0.6) is 0 Å². The summed E-state index contributed by atoms with van der Waals surface area (Å²) in [4.78, 5) is 29.1. The number of carbonyl (C=O) groups is 2. The van der Waals surface area contributed by atoms with Crippen molar-refractivity contribution in [3.05, 3.63) is 52.0 Å². The lowest BCUT2D eigenvalue weighted by Crippen LogP contribution is -2.44. The van der Waals surface area contributed by atoms with Crippen LogP contribution in [0.1, 0.15) is 48.6 Å². The number of rotatable bonds is 5. The van der Waals surface area contributed by atoms with Crippen molar-refractivity contribution in [2.24, 2.45) is 0 Å². The highest BCUT2D eigenvalue weighted by molar-refractivity contribution is 7.11. The molecule has 1 aromatic heterocycles. The van der Waals surface area contributed by atoms with Crippen LogP contribution in [0.2, 0.25) is 0 Å². The van der Waals surface area contributed by atoms with Gasteiger partial charge in [0, 0.05) is 12.0 Å². The molecule has 2 aromatic rings. The van der Waals surface area contributed by atoms with Gasteiger partial charge in [0.25, 0.3) is 5.91 Å². The van der Waals surface area contributed by atoms with Gasteiger partial charge in [0.15, 0.2) is 0 Å². The standard InChI is InChI=1S/C18H22N2O3S/c1-17(2,3)14-13(24-11-20-14)15(21)19-10-18(4,16(22)23)12-8-6-5-7-9-12/h5-9,11H,10H2,1-4H3,(H,19,21)(H,22,23). The van der Waals surface area contributed by atoms with Crippen LogP contribution in [-0.4, -0.2) is 28.5 Å². The molecule has 0 bridgehead atoms. The van der Waals surface area contributed by atoms with Crippen LogP contribution in [0.3, 0.4) is 0 Å². The van der Waals surface area contributed by atoms with Crippen LogP contribution in [0.15, 0.2) is 35.8 Å². The lowest BCUT2D eigenvalue weighted by molar-refractivity contribution is -0.142. The molecule has 0 fully saturated rings. The molecule has 2 N–H and O–H groups in total. The summed E-state index contributed by atoms with van der Waals surface area (Å²) in [6, 6.07) is 8.93. The molecule has 128 valence electrons. The number of nitrogens with zero attached hydrogens (tertiary/aromatic N) is 1. The maximum atomic E-state index is 12.5. The van der Waals surface area contributed by atoms with Crippen molar-refractivity contribution < 1.29 is 14.7 Å². The first-order chi connectivity index (χ1) is 11.2. The number of aromatic nitrogens is 1. The van der Waals surface area contributed by atoms with Crippen molar-refractivity contribution in [2.45, 2.75) is 38.5 Å². The van der Waals surface area contributed by atoms with Gasteiger partial charge in [-0.15, -0.1) is 11.3 Å². The Morgan fingerprint density at radius 1 is 1.17 bits per heavy atom. The molecule has 1 atom stereocenters. The average molecular weight is 346 g/mol. The molecule has 0 aliphatic heterocycles. The SMILES string of the molecule is CC(C)(C)c1ncsc1C(=O)NCC(C)(C(=O)O)c1ccccc1. The Bertz CT molecular complexity index is 734. The minimum absolute atomic E-state index is 0.00661. The van der Waals surface area contributed by atoms with Crippen LogP contribution < -0.4 is 5.32 Å². The number of nitrogens with one attached hydrogen (secondary N) is 1. The minimum Gasteiger partial charge on any atom is -0.481 e. The lowest BCUT2D eigenvalue weighted by Gasteiger charge is -2.26. The molecule has 0 saturated carbocycles. The topological polar surface area (TPSA) is 79.3 Å². The highest BCUT2D eigenvalue weighted by Crippen LogP contribution is 2.28. The van der Waals surface area contributed by atoms with E-state index in [9.17, 15) is 14.7 Å². The third-order valence-electron chi connectivity index (χ3n) is 3.97. The molecule has 1 heterocycles. The highest BCUT2D eigenvalue weighted by atomic mass is 32.1. The number of carbonyl (C=O) groups excluding carboxylic acids is 1. The summed E-state index contributed by atoms with van der Waals surface area (Å²) in [5.41, 5.74) is 1.58. The van der Waals surface area contributed by atoms with E-state index in [0.717, 1.165) is 5.69 Å². The van der Waals surface area contributed by atoms with Gasteiger partial charge in [-0.3, -0.25) is 9.59 Å². The van der Waals surface area contributed by atoms with E-state index in [4.69, 9.17) is 0 Å². The van der Waals surface area contributed by atoms with Gasteiger partial charge < -0.3 is 10.4 Å². The monoisotopic (exact) mass is 346 g/mol. The van der Waals surface area contributed by atoms with Gasteiger partial charge in [-0.25, -0.2) is 4.98 Å². The summed E-state index contributed by atoms with van der Waals surface area (Å²) >= 11 is 1.27. The van der Waals surface area contributed by atoms with Gasteiger partial charge in [0.2, 0.25) is 0 Å². The van der Waals surface area contributed by atoms with Gasteiger partial charge in [0.1, 0.15) is 10.3 Å². The number of carboxylic acids is 1. The Labute approximate surface area is 145 Å². The van der Waals surface area contributed by atoms with Crippen molar-refractivity contribution in [1.29, 1.82) is 0 Å². The van der Waals surface area contributed by atoms with Gasteiger partial charge in [-0.05, 0) is 12.5 Å². The Hall–Kier alpha value is -2.21. The molecule has 0 saturated heterocycles. The first-order valence-corrected chi connectivity index (χ1v) is 8.55. The number of benzene rings is 1. The van der Waals surface area contributed by atoms with E-state index in [2.05, 4.69) is 10.3 Å². The first kappa shape index (κ1) is 18.1. The summed E-state index contributed by atoms with van der Waals surface area (Å²) in [5, 5.41) is 12.4. The Morgan fingerprint density at radius 2 is 1.79 bits per heavy atom. The second-order valence-electron chi connectivity index (χ2n) is 6.97. The van der Waals surface area contributed by atoms with Crippen molar-refractivity contribution in [2.75, 3.05) is 6.54 Å². The number of hydrogen-bond donors (Lipinski definition) is 2. The molecule has 1 unspecified atom stereocenters. The smallest absolute Gasteiger partial charge is 0.315 e. The van der Waals surface area contributed by atoms with E-state index in [1.165, 1.54) is 11.3 Å². The fourth-order valence-electron chi connectivity index (χ4n) is 2.39. The van der Waals surface area contributed by atoms with E-state index >= 15 is 0 Å². The molecule has 0 aliphatic rings. The predicted octanol–water partition coefficient (Wildman–Crippen LogP) is 3.21. The van der Waals surface area contributed by atoms with Crippen LogP contribution in [-0.2, 0) is 15.6 Å². The summed E-state index contributed by atoms with van der Waals surface area (Å²) < 4.78 is 0. The van der Waals surface area contributed by atoms with Crippen LogP contribution in [0, 0.1) is 0 Å². The number of aliphatic carboxylic acids is 1. The van der Waals surface area contributed by atoms with Crippen LogP contribution in [0.25, 0.3) is 0 Å². The fourth-order valence-corrected chi connectivity index (χ4v) is 3.30. The molecule has 0 radical (unpaired) electrons.